The highest BCUT2D eigenvalue weighted by Gasteiger charge is 2.25. The highest BCUT2D eigenvalue weighted by atomic mass is 32.2. The van der Waals surface area contributed by atoms with Crippen molar-refractivity contribution >= 4 is 38.2 Å². The van der Waals surface area contributed by atoms with Gasteiger partial charge in [-0.1, -0.05) is 0 Å². The van der Waals surface area contributed by atoms with E-state index in [2.05, 4.69) is 9.97 Å². The van der Waals surface area contributed by atoms with E-state index in [1.54, 1.807) is 12.1 Å². The summed E-state index contributed by atoms with van der Waals surface area (Å²) in [6.07, 6.45) is 3.72. The van der Waals surface area contributed by atoms with Crippen LogP contribution in [-0.2, 0) is 16.4 Å². The van der Waals surface area contributed by atoms with Gasteiger partial charge in [0.25, 0.3) is 5.91 Å². The van der Waals surface area contributed by atoms with Crippen molar-refractivity contribution in [1.29, 1.82) is 0 Å². The molecule has 2 heterocycles. The Kier molecular flexibility index (Phi) is 5.77. The Hall–Kier alpha value is -3.92. The molecule has 4 rings (SSSR count). The van der Waals surface area contributed by atoms with Crippen LogP contribution in [0.4, 0.5) is 20.3 Å². The lowest BCUT2D eigenvalue weighted by Crippen LogP contribution is -2.32. The van der Waals surface area contributed by atoms with Crippen molar-refractivity contribution in [3.8, 4) is 0 Å². The predicted octanol–water partition coefficient (Wildman–Crippen LogP) is 3.74. The lowest BCUT2D eigenvalue weighted by atomic mass is 10.1. The number of nitrogens with zero attached hydrogens (tertiary/aromatic N) is 3. The summed E-state index contributed by atoms with van der Waals surface area (Å²) in [5.41, 5.74) is 6.45. The summed E-state index contributed by atoms with van der Waals surface area (Å²) in [4.78, 5) is 22.2. The van der Waals surface area contributed by atoms with Crippen LogP contribution in [0.3, 0.4) is 0 Å². The third kappa shape index (κ3) is 4.65. The van der Waals surface area contributed by atoms with Gasteiger partial charge in [0.05, 0.1) is 28.2 Å². The second-order valence-corrected chi connectivity index (χ2v) is 9.38. The standard InChI is InChI=1S/C23H18F2N4O3S/c1-33(31,32)21-11-16(24)4-6-20(21)29(23(30)15-3-2-8-27-12-15)13-14-9-18(25)17-5-7-22(26)28-19(17)10-14/h2-12H,13H2,1H3,(H2,26,28). The number of anilines is 2. The molecule has 0 aliphatic heterocycles. The molecule has 2 aromatic carbocycles. The molecular weight excluding hydrogens is 450 g/mol. The molecule has 1 amide bonds. The molecule has 0 spiro atoms. The maximum atomic E-state index is 14.7. The molecule has 0 saturated heterocycles. The average Bonchev–Trinajstić information content (AvgIpc) is 2.77. The third-order valence-corrected chi connectivity index (χ3v) is 6.07. The van der Waals surface area contributed by atoms with Crippen LogP contribution in [0.2, 0.25) is 0 Å². The fourth-order valence-corrected chi connectivity index (χ4v) is 4.34. The molecule has 2 aromatic heterocycles. The second kappa shape index (κ2) is 8.55. The van der Waals surface area contributed by atoms with Gasteiger partial charge in [0.15, 0.2) is 9.84 Å². The van der Waals surface area contributed by atoms with Gasteiger partial charge >= 0.3 is 0 Å². The largest absolute Gasteiger partial charge is 0.384 e. The Morgan fingerprint density at radius 1 is 1.09 bits per heavy atom. The first kappa shape index (κ1) is 22.3. The number of amides is 1. The van der Waals surface area contributed by atoms with E-state index in [-0.39, 0.29) is 39.4 Å². The number of hydrogen-bond acceptors (Lipinski definition) is 6. The van der Waals surface area contributed by atoms with Gasteiger partial charge < -0.3 is 10.6 Å². The SMILES string of the molecule is CS(=O)(=O)c1cc(F)ccc1N(Cc1cc(F)c2ccc(N)nc2c1)C(=O)c1cccnc1. The molecule has 4 aromatic rings. The molecule has 0 bridgehead atoms. The Morgan fingerprint density at radius 3 is 2.58 bits per heavy atom. The number of nitrogen functional groups attached to an aromatic ring is 1. The van der Waals surface area contributed by atoms with Crippen LogP contribution in [0.5, 0.6) is 0 Å². The Morgan fingerprint density at radius 2 is 1.88 bits per heavy atom. The minimum Gasteiger partial charge on any atom is -0.384 e. The number of rotatable bonds is 5. The number of hydrogen-bond donors (Lipinski definition) is 1. The molecule has 0 unspecified atom stereocenters. The number of halogens is 2. The molecule has 10 heteroatoms. The lowest BCUT2D eigenvalue weighted by Gasteiger charge is -2.25. The zero-order valence-electron chi connectivity index (χ0n) is 17.4. The smallest absolute Gasteiger partial charge is 0.260 e. The molecule has 0 saturated carbocycles. The predicted molar refractivity (Wildman–Crippen MR) is 120 cm³/mol. The van der Waals surface area contributed by atoms with Gasteiger partial charge in [-0.3, -0.25) is 9.78 Å². The van der Waals surface area contributed by atoms with E-state index in [1.165, 1.54) is 42.7 Å². The molecule has 0 fully saturated rings. The van der Waals surface area contributed by atoms with Crippen molar-refractivity contribution in [2.24, 2.45) is 0 Å². The fourth-order valence-electron chi connectivity index (χ4n) is 3.45. The summed E-state index contributed by atoms with van der Waals surface area (Å²) in [5.74, 6) is -1.75. The Labute approximate surface area is 188 Å². The number of carbonyl (C=O) groups is 1. The number of carbonyl (C=O) groups excluding carboxylic acids is 1. The minimum atomic E-state index is -3.91. The van der Waals surface area contributed by atoms with Gasteiger partial charge in [-0.25, -0.2) is 22.2 Å². The topological polar surface area (TPSA) is 106 Å². The van der Waals surface area contributed by atoms with Crippen LogP contribution >= 0.6 is 0 Å². The highest BCUT2D eigenvalue weighted by Crippen LogP contribution is 2.30. The molecule has 0 aliphatic carbocycles. The first-order valence-electron chi connectivity index (χ1n) is 9.69. The number of fused-ring (bicyclic) bond motifs is 1. The number of sulfone groups is 1. The van der Waals surface area contributed by atoms with Crippen LogP contribution < -0.4 is 10.6 Å². The monoisotopic (exact) mass is 468 g/mol. The second-order valence-electron chi connectivity index (χ2n) is 7.40. The molecule has 2 N–H and O–H groups in total. The van der Waals surface area contributed by atoms with E-state index < -0.39 is 27.4 Å². The maximum Gasteiger partial charge on any atom is 0.260 e. The molecule has 0 aliphatic rings. The summed E-state index contributed by atoms with van der Waals surface area (Å²) >= 11 is 0. The van der Waals surface area contributed by atoms with Gasteiger partial charge in [0, 0.05) is 24.0 Å². The summed E-state index contributed by atoms with van der Waals surface area (Å²) in [6.45, 7) is -0.217. The van der Waals surface area contributed by atoms with Crippen molar-refractivity contribution in [2.45, 2.75) is 11.4 Å². The van der Waals surface area contributed by atoms with Gasteiger partial charge in [0.1, 0.15) is 17.5 Å². The van der Waals surface area contributed by atoms with E-state index in [0.717, 1.165) is 23.3 Å². The maximum absolute atomic E-state index is 14.7. The van der Waals surface area contributed by atoms with Crippen molar-refractivity contribution in [1.82, 2.24) is 9.97 Å². The van der Waals surface area contributed by atoms with Crippen LogP contribution in [0.25, 0.3) is 10.9 Å². The first-order valence-corrected chi connectivity index (χ1v) is 11.6. The Bertz CT molecular complexity index is 1480. The number of nitrogens with two attached hydrogens (primary N) is 1. The van der Waals surface area contributed by atoms with E-state index >= 15 is 0 Å². The number of aromatic nitrogens is 2. The zero-order chi connectivity index (χ0) is 23.8. The lowest BCUT2D eigenvalue weighted by molar-refractivity contribution is 0.0984. The summed E-state index contributed by atoms with van der Waals surface area (Å²) in [6, 6.07) is 11.9. The van der Waals surface area contributed by atoms with Crippen molar-refractivity contribution in [2.75, 3.05) is 16.9 Å². The Balaban J connectivity index is 1.88. The van der Waals surface area contributed by atoms with Crippen LogP contribution in [-0.4, -0.2) is 30.5 Å². The van der Waals surface area contributed by atoms with Crippen LogP contribution in [0.15, 0.2) is 71.9 Å². The number of benzene rings is 2. The first-order chi connectivity index (χ1) is 15.6. The van der Waals surface area contributed by atoms with E-state index in [9.17, 15) is 22.0 Å². The molecule has 168 valence electrons. The highest BCUT2D eigenvalue weighted by molar-refractivity contribution is 7.90. The van der Waals surface area contributed by atoms with Crippen molar-refractivity contribution in [3.63, 3.8) is 0 Å². The van der Waals surface area contributed by atoms with E-state index in [0.29, 0.717) is 5.56 Å². The molecule has 0 radical (unpaired) electrons. The molecule has 7 nitrogen and oxygen atoms in total. The van der Waals surface area contributed by atoms with Gasteiger partial charge in [-0.15, -0.1) is 0 Å². The van der Waals surface area contributed by atoms with Gasteiger partial charge in [-0.05, 0) is 60.2 Å². The van der Waals surface area contributed by atoms with Crippen LogP contribution in [0, 0.1) is 11.6 Å². The fraction of sp³-hybridized carbons (Fsp3) is 0.0870. The van der Waals surface area contributed by atoms with Gasteiger partial charge in [-0.2, -0.15) is 0 Å². The summed E-state index contributed by atoms with van der Waals surface area (Å²) in [5, 5.41) is 0.247. The quantitative estimate of drug-likeness (QED) is 0.478. The summed E-state index contributed by atoms with van der Waals surface area (Å²) in [7, 11) is -3.91. The third-order valence-electron chi connectivity index (χ3n) is 4.94. The normalized spacial score (nSPS) is 11.5. The molecular formula is C23H18F2N4O3S. The van der Waals surface area contributed by atoms with E-state index in [1.807, 2.05) is 0 Å². The minimum absolute atomic E-state index is 0.0474. The summed E-state index contributed by atoms with van der Waals surface area (Å²) < 4.78 is 53.4. The van der Waals surface area contributed by atoms with Crippen molar-refractivity contribution < 1.29 is 22.0 Å². The zero-order valence-corrected chi connectivity index (χ0v) is 18.2. The average molecular weight is 468 g/mol. The van der Waals surface area contributed by atoms with Crippen LogP contribution in [0.1, 0.15) is 15.9 Å². The number of pyridine rings is 2. The van der Waals surface area contributed by atoms with Crippen molar-refractivity contribution in [3.05, 3.63) is 89.8 Å². The van der Waals surface area contributed by atoms with E-state index in [4.69, 9.17) is 5.73 Å². The molecule has 33 heavy (non-hydrogen) atoms. The molecule has 0 atom stereocenters. The van der Waals surface area contributed by atoms with Gasteiger partial charge in [0.2, 0.25) is 0 Å².